The van der Waals surface area contributed by atoms with E-state index in [1.54, 1.807) is 24.3 Å². The van der Waals surface area contributed by atoms with Crippen molar-refractivity contribution in [2.24, 2.45) is 17.3 Å². The molecule has 0 unspecified atom stereocenters. The van der Waals surface area contributed by atoms with E-state index in [-0.39, 0.29) is 45.1 Å². The van der Waals surface area contributed by atoms with Crippen LogP contribution in [-0.2, 0) is 19.4 Å². The van der Waals surface area contributed by atoms with Gasteiger partial charge in [0.05, 0.1) is 11.1 Å². The third-order valence-electron chi connectivity index (χ3n) is 12.2. The van der Waals surface area contributed by atoms with Gasteiger partial charge >= 0.3 is 0 Å². The first kappa shape index (κ1) is 27.7. The molecular weight excluding hydrogens is 572 g/mol. The topological polar surface area (TPSA) is 83.8 Å². The number of carbonyl (C=O) groups excluding carboxylic acids is 2. The normalized spacial score (nSPS) is 26.8. The van der Waals surface area contributed by atoms with Gasteiger partial charge in [0.15, 0.2) is 11.6 Å². The highest BCUT2D eigenvalue weighted by atomic mass is 16.5. The van der Waals surface area contributed by atoms with Gasteiger partial charge in [-0.2, -0.15) is 0 Å². The van der Waals surface area contributed by atoms with Crippen LogP contribution in [0.1, 0.15) is 104 Å². The third kappa shape index (κ3) is 3.74. The highest BCUT2D eigenvalue weighted by Crippen LogP contribution is 2.68. The SMILES string of the molecule is C[C@]12CC[C@@H]3c4ccc(OCc5ccccc5)cc4CC[C@H]3[C@@H]1C[C@@H]1C2=CCc2c(O)c3c(c(O)c21)C(=O)c1ccccc1C3=O. The number of benzene rings is 4. The highest BCUT2D eigenvalue weighted by Gasteiger charge is 2.57. The lowest BCUT2D eigenvalue weighted by Crippen LogP contribution is -2.40. The second kappa shape index (κ2) is 9.93. The number of fused-ring (bicyclic) bond motifs is 11. The van der Waals surface area contributed by atoms with Crippen LogP contribution in [0.15, 0.2) is 84.4 Å². The number of hydrogen-bond acceptors (Lipinski definition) is 5. The minimum absolute atomic E-state index is 0.00977. The van der Waals surface area contributed by atoms with Crippen LogP contribution in [0.5, 0.6) is 17.2 Å². The summed E-state index contributed by atoms with van der Waals surface area (Å²) >= 11 is 0. The number of aromatic hydroxyl groups is 2. The molecule has 0 aromatic heterocycles. The van der Waals surface area contributed by atoms with E-state index in [1.165, 1.54) is 16.7 Å². The number of ketones is 2. The van der Waals surface area contributed by atoms with Gasteiger partial charge in [-0.25, -0.2) is 0 Å². The number of rotatable bonds is 3. The summed E-state index contributed by atoms with van der Waals surface area (Å²) in [4.78, 5) is 27.2. The van der Waals surface area contributed by atoms with Gasteiger partial charge in [-0.05, 0) is 90.5 Å². The van der Waals surface area contributed by atoms with Crippen LogP contribution in [0.4, 0.5) is 0 Å². The van der Waals surface area contributed by atoms with Crippen molar-refractivity contribution < 1.29 is 24.5 Å². The summed E-state index contributed by atoms with van der Waals surface area (Å²) in [6, 6.07) is 23.6. The maximum Gasteiger partial charge on any atom is 0.198 e. The predicted octanol–water partition coefficient (Wildman–Crippen LogP) is 8.18. The molecule has 0 amide bonds. The number of aryl methyl sites for hydroxylation is 1. The molecule has 5 aliphatic rings. The fourth-order valence-electron chi connectivity index (χ4n) is 10.1. The smallest absolute Gasteiger partial charge is 0.198 e. The van der Waals surface area contributed by atoms with Gasteiger partial charge in [0.1, 0.15) is 23.9 Å². The van der Waals surface area contributed by atoms with E-state index >= 15 is 0 Å². The Balaban J connectivity index is 1.04. The molecule has 4 aromatic rings. The summed E-state index contributed by atoms with van der Waals surface area (Å²) in [6.45, 7) is 2.96. The molecule has 0 heterocycles. The molecular formula is C41H36O5. The molecule has 5 nitrogen and oxygen atoms in total. The van der Waals surface area contributed by atoms with Crippen molar-refractivity contribution in [3.05, 3.63) is 135 Å². The van der Waals surface area contributed by atoms with Gasteiger partial charge in [-0.3, -0.25) is 9.59 Å². The van der Waals surface area contributed by atoms with E-state index in [4.69, 9.17) is 4.74 Å². The van der Waals surface area contributed by atoms with E-state index in [1.807, 2.05) is 18.2 Å². The summed E-state index contributed by atoms with van der Waals surface area (Å²) in [7, 11) is 0. The van der Waals surface area contributed by atoms with Crippen LogP contribution in [0, 0.1) is 17.3 Å². The zero-order valence-corrected chi connectivity index (χ0v) is 25.9. The summed E-state index contributed by atoms with van der Waals surface area (Å²) in [5.41, 5.74) is 7.08. The minimum Gasteiger partial charge on any atom is -0.507 e. The van der Waals surface area contributed by atoms with E-state index < -0.39 is 11.6 Å². The lowest BCUT2D eigenvalue weighted by molar-refractivity contribution is 0.0810. The van der Waals surface area contributed by atoms with Gasteiger partial charge in [-0.15, -0.1) is 0 Å². The number of ether oxygens (including phenoxy) is 1. The van der Waals surface area contributed by atoms with Crippen LogP contribution in [0.25, 0.3) is 0 Å². The van der Waals surface area contributed by atoms with Crippen LogP contribution >= 0.6 is 0 Å². The summed E-state index contributed by atoms with van der Waals surface area (Å²) in [6.07, 6.45) is 7.87. The predicted molar refractivity (Wildman–Crippen MR) is 175 cm³/mol. The largest absolute Gasteiger partial charge is 0.507 e. The summed E-state index contributed by atoms with van der Waals surface area (Å²) in [5, 5.41) is 23.4. The van der Waals surface area contributed by atoms with E-state index in [2.05, 4.69) is 43.3 Å². The molecule has 2 saturated carbocycles. The Labute approximate surface area is 268 Å². The minimum atomic E-state index is -0.403. The maximum absolute atomic E-state index is 13.7. The van der Waals surface area contributed by atoms with Crippen molar-refractivity contribution in [2.45, 2.75) is 63.9 Å². The average molecular weight is 609 g/mol. The fraction of sp³-hybridized carbons (Fsp3) is 0.317. The monoisotopic (exact) mass is 608 g/mol. The first-order valence-electron chi connectivity index (χ1n) is 16.6. The van der Waals surface area contributed by atoms with E-state index in [0.29, 0.717) is 41.9 Å². The molecule has 0 saturated heterocycles. The number of allylic oxidation sites excluding steroid dienone is 2. The summed E-state index contributed by atoms with van der Waals surface area (Å²) in [5.74, 6) is 1.21. The van der Waals surface area contributed by atoms with Gasteiger partial charge < -0.3 is 14.9 Å². The van der Waals surface area contributed by atoms with Gasteiger partial charge in [-0.1, -0.05) is 79.2 Å². The quantitative estimate of drug-likeness (QED) is 0.159. The molecule has 5 heteroatoms. The first-order chi connectivity index (χ1) is 22.3. The molecule has 4 aromatic carbocycles. The van der Waals surface area contributed by atoms with Crippen molar-refractivity contribution in [3.63, 3.8) is 0 Å². The van der Waals surface area contributed by atoms with Gasteiger partial charge in [0, 0.05) is 28.2 Å². The molecule has 9 rings (SSSR count). The Hall–Kier alpha value is -4.64. The van der Waals surface area contributed by atoms with Crippen molar-refractivity contribution in [1.82, 2.24) is 0 Å². The second-order valence-electron chi connectivity index (χ2n) is 14.2. The molecule has 230 valence electrons. The molecule has 5 aliphatic carbocycles. The number of hydrogen-bond donors (Lipinski definition) is 2. The molecule has 2 N–H and O–H groups in total. The summed E-state index contributed by atoms with van der Waals surface area (Å²) < 4.78 is 6.17. The number of phenols is 2. The van der Waals surface area contributed by atoms with Gasteiger partial charge in [0.25, 0.3) is 0 Å². The van der Waals surface area contributed by atoms with Crippen LogP contribution in [0.2, 0.25) is 0 Å². The number of carbonyl (C=O) groups is 2. The van der Waals surface area contributed by atoms with Crippen LogP contribution in [-0.4, -0.2) is 21.8 Å². The highest BCUT2D eigenvalue weighted by molar-refractivity contribution is 6.30. The maximum atomic E-state index is 13.7. The third-order valence-corrected chi connectivity index (χ3v) is 12.2. The Kier molecular flexibility index (Phi) is 5.97. The fourth-order valence-corrected chi connectivity index (χ4v) is 10.1. The molecule has 46 heavy (non-hydrogen) atoms. The molecule has 0 aliphatic heterocycles. The zero-order valence-electron chi connectivity index (χ0n) is 25.9. The van der Waals surface area contributed by atoms with E-state index in [0.717, 1.165) is 43.4 Å². The van der Waals surface area contributed by atoms with E-state index in [9.17, 15) is 19.8 Å². The zero-order chi connectivity index (χ0) is 31.3. The van der Waals surface area contributed by atoms with Crippen LogP contribution in [0.3, 0.4) is 0 Å². The lowest BCUT2D eigenvalue weighted by Gasteiger charge is -2.49. The molecule has 0 spiro atoms. The Morgan fingerprint density at radius 3 is 2.35 bits per heavy atom. The van der Waals surface area contributed by atoms with Crippen LogP contribution < -0.4 is 4.74 Å². The molecule has 5 atom stereocenters. The second-order valence-corrected chi connectivity index (χ2v) is 14.2. The molecule has 0 bridgehead atoms. The van der Waals surface area contributed by atoms with Gasteiger partial charge in [0.2, 0.25) is 0 Å². The first-order valence-corrected chi connectivity index (χ1v) is 16.6. The molecule has 2 fully saturated rings. The standard InChI is InChI=1S/C41H36O5/c1-41-18-17-26-25-14-12-24(46-21-22-7-3-2-4-8-22)19-23(25)11-13-27(26)33(41)20-31-32(41)16-15-30-34(31)40(45)36-35(39(30)44)37(42)28-9-5-6-10-29(28)38(36)43/h2-10,12,14,16,19,26-27,31,33,44-45H,11,13,15,17-18,20-21H2,1H3/t26-,27-,31-,33+,41-/m1/s1. The molecule has 0 radical (unpaired) electrons. The lowest BCUT2D eigenvalue weighted by atomic mass is 9.55. The van der Waals surface area contributed by atoms with Crippen molar-refractivity contribution in [2.75, 3.05) is 0 Å². The Bertz CT molecular complexity index is 2010. The average Bonchev–Trinajstić information content (AvgIpc) is 3.40. The van der Waals surface area contributed by atoms with Crippen molar-refractivity contribution in [3.8, 4) is 17.2 Å². The Morgan fingerprint density at radius 1 is 0.870 bits per heavy atom. The Morgan fingerprint density at radius 2 is 1.59 bits per heavy atom. The number of phenolic OH excluding ortho intramolecular Hbond substituents is 2. The van der Waals surface area contributed by atoms with Crippen molar-refractivity contribution >= 4 is 11.6 Å². The van der Waals surface area contributed by atoms with Crippen molar-refractivity contribution in [1.29, 1.82) is 0 Å².